The smallest absolute Gasteiger partial charge is 0.180 e. The Kier molecular flexibility index (Phi) is 12.2. The number of hydrogen-bond donors (Lipinski definition) is 0. The summed E-state index contributed by atoms with van der Waals surface area (Å²) in [5.41, 5.74) is 11.0. The van der Waals surface area contributed by atoms with Gasteiger partial charge in [0.25, 0.3) is 0 Å². The lowest BCUT2D eigenvalue weighted by atomic mass is 9.99. The summed E-state index contributed by atoms with van der Waals surface area (Å²) < 4.78 is 7.42. The van der Waals surface area contributed by atoms with E-state index in [1.54, 1.807) is 17.4 Å². The molecule has 3 heterocycles. The molecule has 61 heavy (non-hydrogen) atoms. The second-order valence-corrected chi connectivity index (χ2v) is 15.2. The summed E-state index contributed by atoms with van der Waals surface area (Å²) in [6.45, 7) is 15.8. The fourth-order valence-corrected chi connectivity index (χ4v) is 8.34. The predicted molar refractivity (Wildman–Crippen MR) is 261 cm³/mol. The summed E-state index contributed by atoms with van der Waals surface area (Å²) in [4.78, 5) is 25.9. The molecule has 9 aromatic rings. The van der Waals surface area contributed by atoms with Crippen LogP contribution in [0.15, 0.2) is 202 Å². The van der Waals surface area contributed by atoms with Crippen molar-refractivity contribution < 1.29 is 4.42 Å². The largest absolute Gasteiger partial charge is 0.452 e. The first-order chi connectivity index (χ1) is 30.0. The van der Waals surface area contributed by atoms with E-state index in [1.807, 2.05) is 98.8 Å². The Labute approximate surface area is 360 Å². The Balaban J connectivity index is 0.00000166. The molecule has 0 N–H and O–H groups in total. The van der Waals surface area contributed by atoms with Gasteiger partial charge in [0.2, 0.25) is 0 Å². The van der Waals surface area contributed by atoms with Gasteiger partial charge in [0, 0.05) is 48.2 Å². The molecule has 0 saturated heterocycles. The normalized spacial score (nSPS) is 12.0. The van der Waals surface area contributed by atoms with Crippen molar-refractivity contribution in [3.8, 4) is 33.8 Å². The molecule has 9 rings (SSSR count). The molecule has 7 heteroatoms. The number of rotatable bonds is 9. The van der Waals surface area contributed by atoms with Crippen LogP contribution in [-0.4, -0.2) is 28.4 Å². The van der Waals surface area contributed by atoms with E-state index in [-0.39, 0.29) is 0 Å². The van der Waals surface area contributed by atoms with Crippen LogP contribution in [0.3, 0.4) is 0 Å². The molecule has 0 fully saturated rings. The van der Waals surface area contributed by atoms with E-state index < -0.39 is 0 Å². The minimum absolute atomic E-state index is 0.423. The number of aromatic nitrogens is 2. The highest BCUT2D eigenvalue weighted by molar-refractivity contribution is 7.20. The van der Waals surface area contributed by atoms with Crippen LogP contribution in [0.2, 0.25) is 0 Å². The van der Waals surface area contributed by atoms with Gasteiger partial charge in [-0.1, -0.05) is 164 Å². The molecule has 0 aliphatic heterocycles. The third kappa shape index (κ3) is 8.46. The molecule has 296 valence electrons. The first-order valence-corrected chi connectivity index (χ1v) is 20.8. The highest BCUT2D eigenvalue weighted by Crippen LogP contribution is 2.41. The number of para-hydroxylation sites is 1. The molecule has 0 aliphatic carbocycles. The highest BCUT2D eigenvalue weighted by atomic mass is 32.1. The first-order valence-electron chi connectivity index (χ1n) is 20.0. The predicted octanol–water partition coefficient (Wildman–Crippen LogP) is 14.6. The molecule has 0 spiro atoms. The standard InChI is InChI=1S/C51H37N5OS.C3H6/c1-4-39(51(56-49(52-3)37-21-13-8-14-22-37)53-32-33-25-27-35(28-26-33)34-17-9-6-10-18-34)45-41-30-29-38(31-44(41)58-43(45)5-2)50-54-46(36-19-11-7-12-20-36)48-47(55-50)40-23-15-16-24-42(40)57-48;1-3-2/h4-31H,2-3,32H2,1H3;3H,1H2,2H3/b39-4+,53-51?,56-49?;. The number of thiophene rings is 1. The summed E-state index contributed by atoms with van der Waals surface area (Å²) >= 11 is 1.67. The van der Waals surface area contributed by atoms with Gasteiger partial charge in [-0.2, -0.15) is 0 Å². The van der Waals surface area contributed by atoms with Crippen LogP contribution in [0, 0.1) is 0 Å². The SMILES string of the molecule is C=CC.C=Cc1sc2cc(-c3nc(-c4ccccc4)c4oc5ccccc5c4n3)ccc2c1/C(=C\C)C(=NCc1ccc(-c2ccccc2)cc1)N=C(N=C)c1ccccc1. The molecule has 0 aliphatic rings. The maximum Gasteiger partial charge on any atom is 0.180 e. The highest BCUT2D eigenvalue weighted by Gasteiger charge is 2.22. The van der Waals surface area contributed by atoms with Crippen molar-refractivity contribution in [3.63, 3.8) is 0 Å². The summed E-state index contributed by atoms with van der Waals surface area (Å²) in [7, 11) is 0. The maximum atomic E-state index is 6.36. The van der Waals surface area contributed by atoms with Gasteiger partial charge in [-0.05, 0) is 55.5 Å². The zero-order valence-corrected chi connectivity index (χ0v) is 34.9. The van der Waals surface area contributed by atoms with Crippen LogP contribution in [0.25, 0.3) is 77.6 Å². The number of aliphatic imine (C=N–C) groups is 3. The fourth-order valence-electron chi connectivity index (χ4n) is 7.23. The van der Waals surface area contributed by atoms with Crippen molar-refractivity contribution in [2.24, 2.45) is 15.0 Å². The summed E-state index contributed by atoms with van der Waals surface area (Å²) in [5, 5.41) is 2.01. The summed E-state index contributed by atoms with van der Waals surface area (Å²) in [6.07, 6.45) is 5.73. The topological polar surface area (TPSA) is 76.0 Å². The van der Waals surface area contributed by atoms with Gasteiger partial charge >= 0.3 is 0 Å². The van der Waals surface area contributed by atoms with E-state index in [1.165, 1.54) is 5.56 Å². The van der Waals surface area contributed by atoms with E-state index in [2.05, 4.69) is 110 Å². The molecule has 3 aromatic heterocycles. The lowest BCUT2D eigenvalue weighted by Crippen LogP contribution is -2.07. The summed E-state index contributed by atoms with van der Waals surface area (Å²) in [6, 6.07) is 53.3. The van der Waals surface area contributed by atoms with E-state index in [9.17, 15) is 0 Å². The minimum Gasteiger partial charge on any atom is -0.452 e. The first kappa shape index (κ1) is 40.2. The van der Waals surface area contributed by atoms with E-state index in [4.69, 9.17) is 24.4 Å². The van der Waals surface area contributed by atoms with Crippen LogP contribution in [0.1, 0.15) is 35.4 Å². The van der Waals surface area contributed by atoms with Crippen molar-refractivity contribution >= 4 is 73.5 Å². The molecule has 0 radical (unpaired) electrons. The number of benzene rings is 6. The van der Waals surface area contributed by atoms with Gasteiger partial charge in [-0.3, -0.25) is 4.99 Å². The van der Waals surface area contributed by atoms with Crippen molar-refractivity contribution in [2.45, 2.75) is 20.4 Å². The van der Waals surface area contributed by atoms with Crippen LogP contribution >= 0.6 is 11.3 Å². The van der Waals surface area contributed by atoms with E-state index in [0.717, 1.165) is 76.1 Å². The second-order valence-electron chi connectivity index (χ2n) is 14.1. The van der Waals surface area contributed by atoms with E-state index in [0.29, 0.717) is 29.6 Å². The molecule has 0 bridgehead atoms. The molecule has 0 amide bonds. The van der Waals surface area contributed by atoms with Crippen molar-refractivity contribution in [2.75, 3.05) is 0 Å². The van der Waals surface area contributed by atoms with Gasteiger partial charge in [-0.15, -0.1) is 17.9 Å². The van der Waals surface area contributed by atoms with E-state index >= 15 is 0 Å². The van der Waals surface area contributed by atoms with Crippen molar-refractivity contribution in [1.29, 1.82) is 0 Å². The molecular weight excluding hydrogens is 767 g/mol. The van der Waals surface area contributed by atoms with Crippen LogP contribution in [0.5, 0.6) is 0 Å². The Morgan fingerprint density at radius 2 is 1.31 bits per heavy atom. The van der Waals surface area contributed by atoms with Gasteiger partial charge < -0.3 is 4.42 Å². The Bertz CT molecular complexity index is 3100. The second kappa shape index (κ2) is 18.5. The number of fused-ring (bicyclic) bond motifs is 4. The average molecular weight is 810 g/mol. The van der Waals surface area contributed by atoms with Gasteiger partial charge in [-0.25, -0.2) is 20.0 Å². The molecular formula is C54H43N5OS. The zero-order chi connectivity index (χ0) is 42.1. The molecule has 0 unspecified atom stereocenters. The Morgan fingerprint density at radius 3 is 1.98 bits per heavy atom. The summed E-state index contributed by atoms with van der Waals surface area (Å²) in [5.74, 6) is 1.67. The number of furan rings is 1. The molecule has 0 atom stereocenters. The number of amidine groups is 2. The fraction of sp³-hybridized carbons (Fsp3) is 0.0556. The van der Waals surface area contributed by atoms with Crippen LogP contribution < -0.4 is 0 Å². The number of nitrogens with zero attached hydrogens (tertiary/aromatic N) is 5. The van der Waals surface area contributed by atoms with Gasteiger partial charge in [0.1, 0.15) is 16.8 Å². The molecule has 0 saturated carbocycles. The Morgan fingerprint density at radius 1 is 0.689 bits per heavy atom. The quantitative estimate of drug-likeness (QED) is 0.0828. The molecule has 6 aromatic carbocycles. The Hall–Kier alpha value is -7.61. The number of allylic oxidation sites excluding steroid dienone is 2. The lowest BCUT2D eigenvalue weighted by Gasteiger charge is -2.11. The third-order valence-electron chi connectivity index (χ3n) is 10.1. The monoisotopic (exact) mass is 809 g/mol. The number of hydrogen-bond acceptors (Lipinski definition) is 5. The minimum atomic E-state index is 0.423. The van der Waals surface area contributed by atoms with Crippen molar-refractivity contribution in [3.05, 3.63) is 205 Å². The maximum absolute atomic E-state index is 6.36. The lowest BCUT2D eigenvalue weighted by molar-refractivity contribution is 0.667. The average Bonchev–Trinajstić information content (AvgIpc) is 3.89. The van der Waals surface area contributed by atoms with Gasteiger partial charge in [0.15, 0.2) is 23.1 Å². The van der Waals surface area contributed by atoms with Crippen LogP contribution in [-0.2, 0) is 6.54 Å². The van der Waals surface area contributed by atoms with Crippen molar-refractivity contribution in [1.82, 2.24) is 9.97 Å². The van der Waals surface area contributed by atoms with Crippen LogP contribution in [0.4, 0.5) is 0 Å². The third-order valence-corrected chi connectivity index (χ3v) is 11.2. The molecule has 6 nitrogen and oxygen atoms in total. The van der Waals surface area contributed by atoms with Gasteiger partial charge in [0.05, 0.1) is 6.54 Å². The zero-order valence-electron chi connectivity index (χ0n) is 34.1.